The molecule has 2 N–H and O–H groups in total. The number of hydrogen-bond acceptors (Lipinski definition) is 2. The molecule has 2 heteroatoms. The van der Waals surface area contributed by atoms with Gasteiger partial charge in [0.2, 0.25) is 0 Å². The van der Waals surface area contributed by atoms with Crippen LogP contribution in [0.5, 0.6) is 0 Å². The molecule has 0 spiro atoms. The smallest absolute Gasteiger partial charge is 0.0430 e. The van der Waals surface area contributed by atoms with Crippen molar-refractivity contribution in [2.45, 2.75) is 27.3 Å². The van der Waals surface area contributed by atoms with Crippen molar-refractivity contribution < 1.29 is 0 Å². The molecule has 0 unspecified atom stereocenters. The highest BCUT2D eigenvalue weighted by Crippen LogP contribution is 2.21. The molecular formula is C18H24N2. The molecule has 0 aliphatic rings. The lowest BCUT2D eigenvalue weighted by Crippen LogP contribution is -2.29. The molecule has 0 fully saturated rings. The first kappa shape index (κ1) is 14.6. The largest absolute Gasteiger partial charge is 0.366 e. The highest BCUT2D eigenvalue weighted by Gasteiger charge is 2.08. The summed E-state index contributed by atoms with van der Waals surface area (Å²) in [5.41, 5.74) is 12.3. The standard InChI is InChI=1S/C18H24N2/c1-14-5-4-6-17(11-14)13-20(10-9-19)18-8-7-15(2)16(3)12-18/h4-8,11-12H,9-10,13,19H2,1-3H3. The van der Waals surface area contributed by atoms with Gasteiger partial charge in [0.25, 0.3) is 0 Å². The lowest BCUT2D eigenvalue weighted by atomic mass is 10.1. The molecule has 2 nitrogen and oxygen atoms in total. The van der Waals surface area contributed by atoms with Crippen molar-refractivity contribution in [1.29, 1.82) is 0 Å². The van der Waals surface area contributed by atoms with Gasteiger partial charge in [-0.1, -0.05) is 35.9 Å². The molecule has 2 aromatic carbocycles. The molecule has 0 heterocycles. The van der Waals surface area contributed by atoms with E-state index in [-0.39, 0.29) is 0 Å². The Morgan fingerprint density at radius 3 is 2.40 bits per heavy atom. The number of anilines is 1. The Hall–Kier alpha value is -1.80. The van der Waals surface area contributed by atoms with Crippen molar-refractivity contribution in [3.63, 3.8) is 0 Å². The summed E-state index contributed by atoms with van der Waals surface area (Å²) >= 11 is 0. The molecule has 20 heavy (non-hydrogen) atoms. The molecule has 0 bridgehead atoms. The zero-order chi connectivity index (χ0) is 14.5. The van der Waals surface area contributed by atoms with Crippen LogP contribution in [0.4, 0.5) is 5.69 Å². The fourth-order valence-electron chi connectivity index (χ4n) is 2.41. The highest BCUT2D eigenvalue weighted by atomic mass is 15.1. The summed E-state index contributed by atoms with van der Waals surface area (Å²) in [5, 5.41) is 0. The van der Waals surface area contributed by atoms with Crippen LogP contribution in [-0.2, 0) is 6.54 Å². The Labute approximate surface area is 122 Å². The Kier molecular flexibility index (Phi) is 4.80. The van der Waals surface area contributed by atoms with Crippen LogP contribution in [0.3, 0.4) is 0 Å². The maximum atomic E-state index is 5.78. The third kappa shape index (κ3) is 3.61. The van der Waals surface area contributed by atoms with Crippen LogP contribution in [0.15, 0.2) is 42.5 Å². The van der Waals surface area contributed by atoms with Gasteiger partial charge in [0.15, 0.2) is 0 Å². The first-order chi connectivity index (χ1) is 9.60. The van der Waals surface area contributed by atoms with E-state index < -0.39 is 0 Å². The van der Waals surface area contributed by atoms with Crippen molar-refractivity contribution in [3.05, 3.63) is 64.7 Å². The van der Waals surface area contributed by atoms with Gasteiger partial charge in [-0.15, -0.1) is 0 Å². The second-order valence-corrected chi connectivity index (χ2v) is 5.47. The molecular weight excluding hydrogens is 244 g/mol. The Bertz CT molecular complexity index is 575. The molecule has 0 aromatic heterocycles. The van der Waals surface area contributed by atoms with Crippen LogP contribution >= 0.6 is 0 Å². The Morgan fingerprint density at radius 2 is 1.75 bits per heavy atom. The molecule has 0 atom stereocenters. The minimum atomic E-state index is 0.665. The molecule has 2 rings (SSSR count). The molecule has 0 saturated carbocycles. The second kappa shape index (κ2) is 6.58. The van der Waals surface area contributed by atoms with Crippen LogP contribution < -0.4 is 10.6 Å². The predicted octanol–water partition coefficient (Wildman–Crippen LogP) is 3.58. The maximum Gasteiger partial charge on any atom is 0.0430 e. The van der Waals surface area contributed by atoms with Gasteiger partial charge in [-0.2, -0.15) is 0 Å². The fraction of sp³-hybridized carbons (Fsp3) is 0.333. The monoisotopic (exact) mass is 268 g/mol. The van der Waals surface area contributed by atoms with Gasteiger partial charge in [0.1, 0.15) is 0 Å². The lowest BCUT2D eigenvalue weighted by molar-refractivity contribution is 0.789. The third-order valence-corrected chi connectivity index (χ3v) is 3.71. The summed E-state index contributed by atoms with van der Waals surface area (Å²) in [4.78, 5) is 2.35. The van der Waals surface area contributed by atoms with Crippen molar-refractivity contribution in [2.24, 2.45) is 5.73 Å². The highest BCUT2D eigenvalue weighted by molar-refractivity contribution is 5.51. The summed E-state index contributed by atoms with van der Waals surface area (Å²) in [6.45, 7) is 8.88. The summed E-state index contributed by atoms with van der Waals surface area (Å²) in [6.07, 6.45) is 0. The predicted molar refractivity (Wildman–Crippen MR) is 87.2 cm³/mol. The van der Waals surface area contributed by atoms with Crippen LogP contribution in [-0.4, -0.2) is 13.1 Å². The second-order valence-electron chi connectivity index (χ2n) is 5.47. The Morgan fingerprint density at radius 1 is 0.950 bits per heavy atom. The summed E-state index contributed by atoms with van der Waals surface area (Å²) in [6, 6.07) is 15.3. The molecule has 106 valence electrons. The number of rotatable bonds is 5. The summed E-state index contributed by atoms with van der Waals surface area (Å²) in [7, 11) is 0. The molecule has 0 radical (unpaired) electrons. The van der Waals surface area contributed by atoms with E-state index in [1.165, 1.54) is 27.9 Å². The minimum Gasteiger partial charge on any atom is -0.366 e. The number of nitrogens with two attached hydrogens (primary N) is 1. The molecule has 0 aliphatic carbocycles. The van der Waals surface area contributed by atoms with E-state index in [1.807, 2.05) is 0 Å². The molecule has 0 amide bonds. The third-order valence-electron chi connectivity index (χ3n) is 3.71. The van der Waals surface area contributed by atoms with Crippen molar-refractivity contribution >= 4 is 5.69 Å². The van der Waals surface area contributed by atoms with E-state index in [0.29, 0.717) is 6.54 Å². The molecule has 2 aromatic rings. The van der Waals surface area contributed by atoms with Gasteiger partial charge in [0.05, 0.1) is 0 Å². The van der Waals surface area contributed by atoms with E-state index in [4.69, 9.17) is 5.73 Å². The average Bonchev–Trinajstić information content (AvgIpc) is 2.41. The van der Waals surface area contributed by atoms with Crippen LogP contribution in [0, 0.1) is 20.8 Å². The fourth-order valence-corrected chi connectivity index (χ4v) is 2.41. The van der Waals surface area contributed by atoms with Crippen molar-refractivity contribution in [2.75, 3.05) is 18.0 Å². The number of aryl methyl sites for hydroxylation is 3. The van der Waals surface area contributed by atoms with Crippen LogP contribution in [0.2, 0.25) is 0 Å². The Balaban J connectivity index is 2.24. The zero-order valence-electron chi connectivity index (χ0n) is 12.7. The van der Waals surface area contributed by atoms with E-state index in [2.05, 4.69) is 68.1 Å². The van der Waals surface area contributed by atoms with Gasteiger partial charge in [0, 0.05) is 25.3 Å². The van der Waals surface area contributed by atoms with Crippen molar-refractivity contribution in [3.8, 4) is 0 Å². The topological polar surface area (TPSA) is 29.3 Å². The average molecular weight is 268 g/mol. The number of benzene rings is 2. The quantitative estimate of drug-likeness (QED) is 0.898. The maximum absolute atomic E-state index is 5.78. The molecule has 0 saturated heterocycles. The van der Waals surface area contributed by atoms with Crippen LogP contribution in [0.25, 0.3) is 0 Å². The normalized spacial score (nSPS) is 10.6. The number of nitrogens with zero attached hydrogens (tertiary/aromatic N) is 1. The first-order valence-corrected chi connectivity index (χ1v) is 7.18. The number of hydrogen-bond donors (Lipinski definition) is 1. The van der Waals surface area contributed by atoms with Gasteiger partial charge in [-0.05, 0) is 49.6 Å². The van der Waals surface area contributed by atoms with E-state index in [9.17, 15) is 0 Å². The van der Waals surface area contributed by atoms with Gasteiger partial charge >= 0.3 is 0 Å². The van der Waals surface area contributed by atoms with E-state index in [1.54, 1.807) is 0 Å². The van der Waals surface area contributed by atoms with Crippen molar-refractivity contribution in [1.82, 2.24) is 0 Å². The van der Waals surface area contributed by atoms with Gasteiger partial charge in [-0.25, -0.2) is 0 Å². The molecule has 0 aliphatic heterocycles. The van der Waals surface area contributed by atoms with E-state index in [0.717, 1.165) is 13.1 Å². The summed E-state index contributed by atoms with van der Waals surface area (Å²) in [5.74, 6) is 0. The lowest BCUT2D eigenvalue weighted by Gasteiger charge is -2.25. The SMILES string of the molecule is Cc1cccc(CN(CCN)c2ccc(C)c(C)c2)c1. The minimum absolute atomic E-state index is 0.665. The zero-order valence-corrected chi connectivity index (χ0v) is 12.7. The van der Waals surface area contributed by atoms with Gasteiger partial charge in [-0.3, -0.25) is 0 Å². The first-order valence-electron chi connectivity index (χ1n) is 7.18. The van der Waals surface area contributed by atoms with E-state index >= 15 is 0 Å². The van der Waals surface area contributed by atoms with Crippen LogP contribution in [0.1, 0.15) is 22.3 Å². The van der Waals surface area contributed by atoms with Gasteiger partial charge < -0.3 is 10.6 Å². The summed E-state index contributed by atoms with van der Waals surface area (Å²) < 4.78 is 0.